The SMILES string of the molecule is NCC(=O)NCC(=O)NC1CC1C1CCCCC1. The maximum absolute atomic E-state index is 11.6. The second kappa shape index (κ2) is 6.18. The number of amides is 2. The van der Waals surface area contributed by atoms with Crippen molar-refractivity contribution in [3.63, 3.8) is 0 Å². The molecule has 0 aromatic carbocycles. The Kier molecular flexibility index (Phi) is 4.58. The van der Waals surface area contributed by atoms with Crippen LogP contribution in [0, 0.1) is 11.8 Å². The molecular formula is C13H23N3O2. The van der Waals surface area contributed by atoms with E-state index >= 15 is 0 Å². The third kappa shape index (κ3) is 3.70. The molecule has 0 aromatic rings. The van der Waals surface area contributed by atoms with E-state index in [9.17, 15) is 9.59 Å². The summed E-state index contributed by atoms with van der Waals surface area (Å²) in [6.45, 7) is -0.0225. The molecule has 2 fully saturated rings. The van der Waals surface area contributed by atoms with Crippen molar-refractivity contribution in [2.45, 2.75) is 44.6 Å². The number of rotatable bonds is 5. The predicted octanol–water partition coefficient (Wildman–Crippen LogP) is 0.146. The second-order valence-electron chi connectivity index (χ2n) is 5.45. The van der Waals surface area contributed by atoms with Gasteiger partial charge in [-0.1, -0.05) is 32.1 Å². The Bertz CT molecular complexity index is 313. The van der Waals surface area contributed by atoms with Crippen LogP contribution in [0.4, 0.5) is 0 Å². The lowest BCUT2D eigenvalue weighted by atomic mass is 9.85. The standard InChI is InChI=1S/C13H23N3O2/c14-7-12(17)15-8-13(18)16-11-6-10(11)9-4-2-1-3-5-9/h9-11H,1-8,14H2,(H,15,17)(H,16,18). The summed E-state index contributed by atoms with van der Waals surface area (Å²) in [4.78, 5) is 22.5. The highest BCUT2D eigenvalue weighted by atomic mass is 16.2. The molecule has 2 rings (SSSR count). The Morgan fingerprint density at radius 1 is 1.11 bits per heavy atom. The van der Waals surface area contributed by atoms with Gasteiger partial charge in [-0.05, 0) is 18.3 Å². The van der Waals surface area contributed by atoms with Gasteiger partial charge in [-0.15, -0.1) is 0 Å². The van der Waals surface area contributed by atoms with Gasteiger partial charge in [-0.25, -0.2) is 0 Å². The Labute approximate surface area is 108 Å². The lowest BCUT2D eigenvalue weighted by molar-refractivity contribution is -0.125. The van der Waals surface area contributed by atoms with Crippen LogP contribution in [0.15, 0.2) is 0 Å². The minimum Gasteiger partial charge on any atom is -0.352 e. The van der Waals surface area contributed by atoms with Gasteiger partial charge in [0, 0.05) is 6.04 Å². The molecule has 5 heteroatoms. The normalized spacial score (nSPS) is 27.6. The van der Waals surface area contributed by atoms with E-state index in [1.165, 1.54) is 32.1 Å². The summed E-state index contributed by atoms with van der Waals surface area (Å²) in [5.74, 6) is 1.10. The van der Waals surface area contributed by atoms with Crippen molar-refractivity contribution in [3.05, 3.63) is 0 Å². The number of nitrogens with one attached hydrogen (secondary N) is 2. The van der Waals surface area contributed by atoms with E-state index in [0.717, 1.165) is 12.3 Å². The van der Waals surface area contributed by atoms with Gasteiger partial charge in [0.2, 0.25) is 11.8 Å². The van der Waals surface area contributed by atoms with Gasteiger partial charge in [0.05, 0.1) is 13.1 Å². The number of nitrogens with two attached hydrogens (primary N) is 1. The van der Waals surface area contributed by atoms with E-state index in [0.29, 0.717) is 12.0 Å². The number of carbonyl (C=O) groups excluding carboxylic acids is 2. The summed E-state index contributed by atoms with van der Waals surface area (Å²) in [5.41, 5.74) is 5.15. The highest BCUT2D eigenvalue weighted by Crippen LogP contribution is 2.44. The summed E-state index contributed by atoms with van der Waals surface area (Å²) in [6, 6.07) is 0.343. The Hall–Kier alpha value is -1.10. The van der Waals surface area contributed by atoms with Crippen molar-refractivity contribution >= 4 is 11.8 Å². The van der Waals surface area contributed by atoms with E-state index in [2.05, 4.69) is 10.6 Å². The molecule has 2 aliphatic carbocycles. The summed E-state index contributed by atoms with van der Waals surface area (Å²) < 4.78 is 0. The third-order valence-corrected chi connectivity index (χ3v) is 4.07. The summed E-state index contributed by atoms with van der Waals surface area (Å²) in [5, 5.41) is 5.47. The number of carbonyl (C=O) groups is 2. The Balaban J connectivity index is 1.63. The van der Waals surface area contributed by atoms with Crippen LogP contribution in [0.5, 0.6) is 0 Å². The zero-order valence-electron chi connectivity index (χ0n) is 10.8. The van der Waals surface area contributed by atoms with Crippen LogP contribution in [0.25, 0.3) is 0 Å². The van der Waals surface area contributed by atoms with Crippen molar-refractivity contribution in [2.75, 3.05) is 13.1 Å². The molecule has 5 nitrogen and oxygen atoms in total. The number of hydrogen-bond donors (Lipinski definition) is 3. The molecule has 2 aliphatic rings. The summed E-state index contributed by atoms with van der Waals surface area (Å²) in [7, 11) is 0. The van der Waals surface area contributed by atoms with E-state index < -0.39 is 0 Å². The van der Waals surface area contributed by atoms with Crippen molar-refractivity contribution in [3.8, 4) is 0 Å². The average Bonchev–Trinajstić information content (AvgIpc) is 3.16. The van der Waals surface area contributed by atoms with Crippen LogP contribution in [0.3, 0.4) is 0 Å². The summed E-state index contributed by atoms with van der Waals surface area (Å²) >= 11 is 0. The molecule has 0 heterocycles. The van der Waals surface area contributed by atoms with E-state index in [1.807, 2.05) is 0 Å². The highest BCUT2D eigenvalue weighted by Gasteiger charge is 2.43. The van der Waals surface area contributed by atoms with Gasteiger partial charge in [0.15, 0.2) is 0 Å². The topological polar surface area (TPSA) is 84.2 Å². The molecule has 0 aliphatic heterocycles. The molecule has 2 saturated carbocycles. The van der Waals surface area contributed by atoms with Crippen molar-refractivity contribution in [1.82, 2.24) is 10.6 Å². The molecule has 102 valence electrons. The zero-order chi connectivity index (χ0) is 13.0. The van der Waals surface area contributed by atoms with Crippen molar-refractivity contribution in [1.29, 1.82) is 0 Å². The molecule has 2 amide bonds. The second-order valence-corrected chi connectivity index (χ2v) is 5.45. The van der Waals surface area contributed by atoms with Gasteiger partial charge in [0.25, 0.3) is 0 Å². The first-order valence-electron chi connectivity index (χ1n) is 6.97. The molecule has 4 N–H and O–H groups in total. The summed E-state index contributed by atoms with van der Waals surface area (Å²) in [6.07, 6.45) is 7.80. The van der Waals surface area contributed by atoms with Gasteiger partial charge >= 0.3 is 0 Å². The van der Waals surface area contributed by atoms with Crippen molar-refractivity contribution < 1.29 is 9.59 Å². The zero-order valence-corrected chi connectivity index (χ0v) is 10.8. The largest absolute Gasteiger partial charge is 0.352 e. The van der Waals surface area contributed by atoms with Crippen LogP contribution in [-0.2, 0) is 9.59 Å². The Morgan fingerprint density at radius 2 is 1.83 bits per heavy atom. The van der Waals surface area contributed by atoms with Crippen LogP contribution in [0.2, 0.25) is 0 Å². The van der Waals surface area contributed by atoms with Gasteiger partial charge in [-0.3, -0.25) is 9.59 Å². The van der Waals surface area contributed by atoms with Crippen molar-refractivity contribution in [2.24, 2.45) is 17.6 Å². The molecule has 18 heavy (non-hydrogen) atoms. The Morgan fingerprint density at radius 3 is 2.50 bits per heavy atom. The fourth-order valence-electron chi connectivity index (χ4n) is 2.97. The van der Waals surface area contributed by atoms with E-state index in [-0.39, 0.29) is 24.9 Å². The predicted molar refractivity (Wildman–Crippen MR) is 68.7 cm³/mol. The molecule has 0 saturated heterocycles. The average molecular weight is 253 g/mol. The van der Waals surface area contributed by atoms with Gasteiger partial charge < -0.3 is 16.4 Å². The first-order valence-corrected chi connectivity index (χ1v) is 6.97. The molecule has 0 bridgehead atoms. The van der Waals surface area contributed by atoms with E-state index in [4.69, 9.17) is 5.73 Å². The quantitative estimate of drug-likeness (QED) is 0.652. The fraction of sp³-hybridized carbons (Fsp3) is 0.846. The first kappa shape index (κ1) is 13.3. The lowest BCUT2D eigenvalue weighted by Crippen LogP contribution is -2.40. The third-order valence-electron chi connectivity index (χ3n) is 4.07. The lowest BCUT2D eigenvalue weighted by Gasteiger charge is -2.21. The maximum atomic E-state index is 11.6. The van der Waals surface area contributed by atoms with Crippen LogP contribution in [-0.4, -0.2) is 30.9 Å². The molecule has 2 unspecified atom stereocenters. The van der Waals surface area contributed by atoms with Crippen LogP contribution >= 0.6 is 0 Å². The number of hydrogen-bond acceptors (Lipinski definition) is 3. The monoisotopic (exact) mass is 253 g/mol. The van der Waals surface area contributed by atoms with Crippen LogP contribution in [0.1, 0.15) is 38.5 Å². The molecule has 2 atom stereocenters. The molecular weight excluding hydrogens is 230 g/mol. The first-order chi connectivity index (χ1) is 8.70. The van der Waals surface area contributed by atoms with Crippen LogP contribution < -0.4 is 16.4 Å². The maximum Gasteiger partial charge on any atom is 0.239 e. The molecule has 0 aromatic heterocycles. The minimum absolute atomic E-state index is 0.0456. The molecule has 0 radical (unpaired) electrons. The van der Waals surface area contributed by atoms with Gasteiger partial charge in [-0.2, -0.15) is 0 Å². The smallest absolute Gasteiger partial charge is 0.239 e. The minimum atomic E-state index is -0.287. The van der Waals surface area contributed by atoms with E-state index in [1.54, 1.807) is 0 Å². The molecule has 0 spiro atoms. The highest BCUT2D eigenvalue weighted by molar-refractivity contribution is 5.85. The van der Waals surface area contributed by atoms with Gasteiger partial charge in [0.1, 0.15) is 0 Å². The fourth-order valence-corrected chi connectivity index (χ4v) is 2.97.